The Morgan fingerprint density at radius 2 is 1.66 bits per heavy atom. The number of rotatable bonds is 10. The highest BCUT2D eigenvalue weighted by atomic mass is 19.1. The lowest BCUT2D eigenvalue weighted by atomic mass is 9.83. The molecule has 4 amide bonds. The Balaban J connectivity index is 1.55. The molecule has 0 radical (unpaired) electrons. The fourth-order valence-corrected chi connectivity index (χ4v) is 5.64. The first-order chi connectivity index (χ1) is 19.8. The number of carbonyl (C=O) groups is 4. The largest absolute Gasteiger partial charge is 0.350 e. The molecule has 9 nitrogen and oxygen atoms in total. The van der Waals surface area contributed by atoms with Gasteiger partial charge in [0.15, 0.2) is 0 Å². The van der Waals surface area contributed by atoms with Crippen LogP contribution in [0, 0.1) is 11.7 Å². The fraction of sp³-hybridized carbons (Fsp3) is 0.484. The second-order valence-electron chi connectivity index (χ2n) is 11.0. The van der Waals surface area contributed by atoms with Gasteiger partial charge in [0, 0.05) is 24.7 Å². The fourth-order valence-electron chi connectivity index (χ4n) is 5.64. The van der Waals surface area contributed by atoms with Gasteiger partial charge < -0.3 is 26.2 Å². The van der Waals surface area contributed by atoms with E-state index in [-0.39, 0.29) is 42.2 Å². The highest BCUT2D eigenvalue weighted by Crippen LogP contribution is 2.30. The number of likely N-dealkylation sites (N-methyl/N-ethyl adjacent to an activating group) is 1. The molecule has 1 saturated heterocycles. The standard InChI is InChI=1S/C31H40FN5O4/c1-20(33-2)28(38)36-27(22-11-7-4-8-12-22)31(41)37-19-25(35-29(39)23-13-15-24(32)16-14-23)17-26(37)30(40)34-18-21-9-5-3-6-10-21/h3,5-6,9-10,13-16,20,22,25-27,33H,4,7-8,11-12,17-19H2,1-2H3,(H,34,40)(H,35,39)(H,36,38). The van der Waals surface area contributed by atoms with Crippen LogP contribution in [0.25, 0.3) is 0 Å². The number of nitrogens with zero attached hydrogens (tertiary/aromatic N) is 1. The van der Waals surface area contributed by atoms with Crippen LogP contribution in [-0.4, -0.2) is 66.3 Å². The average molecular weight is 566 g/mol. The van der Waals surface area contributed by atoms with Gasteiger partial charge in [0.2, 0.25) is 17.7 Å². The summed E-state index contributed by atoms with van der Waals surface area (Å²) in [5.74, 6) is -1.80. The third-order valence-electron chi connectivity index (χ3n) is 8.15. The maximum Gasteiger partial charge on any atom is 0.251 e. The first kappa shape index (κ1) is 30.2. The van der Waals surface area contributed by atoms with E-state index in [9.17, 15) is 23.6 Å². The molecule has 4 N–H and O–H groups in total. The number of hydrogen-bond acceptors (Lipinski definition) is 5. The minimum Gasteiger partial charge on any atom is -0.350 e. The molecule has 220 valence electrons. The Morgan fingerprint density at radius 1 is 0.976 bits per heavy atom. The molecular formula is C31H40FN5O4. The van der Waals surface area contributed by atoms with Crippen molar-refractivity contribution in [3.8, 4) is 0 Å². The van der Waals surface area contributed by atoms with Crippen molar-refractivity contribution in [3.05, 3.63) is 71.5 Å². The number of carbonyl (C=O) groups excluding carboxylic acids is 4. The molecule has 1 aliphatic carbocycles. The summed E-state index contributed by atoms with van der Waals surface area (Å²) in [7, 11) is 1.68. The van der Waals surface area contributed by atoms with Gasteiger partial charge in [-0.05, 0) is 69.0 Å². The molecule has 1 aliphatic heterocycles. The molecule has 2 fully saturated rings. The average Bonchev–Trinajstić information content (AvgIpc) is 3.42. The molecule has 41 heavy (non-hydrogen) atoms. The Hall–Kier alpha value is -3.79. The van der Waals surface area contributed by atoms with Gasteiger partial charge in [-0.25, -0.2) is 4.39 Å². The molecular weight excluding hydrogens is 525 g/mol. The van der Waals surface area contributed by atoms with E-state index in [1.165, 1.54) is 29.2 Å². The van der Waals surface area contributed by atoms with Crippen molar-refractivity contribution in [2.75, 3.05) is 13.6 Å². The van der Waals surface area contributed by atoms with Crippen molar-refractivity contribution in [1.29, 1.82) is 0 Å². The summed E-state index contributed by atoms with van der Waals surface area (Å²) in [5.41, 5.74) is 1.21. The van der Waals surface area contributed by atoms with E-state index in [0.29, 0.717) is 6.54 Å². The lowest BCUT2D eigenvalue weighted by molar-refractivity contribution is -0.143. The van der Waals surface area contributed by atoms with E-state index in [1.54, 1.807) is 14.0 Å². The first-order valence-corrected chi connectivity index (χ1v) is 14.4. The summed E-state index contributed by atoms with van der Waals surface area (Å²) in [6.45, 7) is 2.15. The van der Waals surface area contributed by atoms with Crippen LogP contribution in [0.15, 0.2) is 54.6 Å². The quantitative estimate of drug-likeness (QED) is 0.353. The van der Waals surface area contributed by atoms with Gasteiger partial charge in [0.25, 0.3) is 5.91 Å². The Morgan fingerprint density at radius 3 is 2.32 bits per heavy atom. The summed E-state index contributed by atoms with van der Waals surface area (Å²) in [6, 6.07) is 12.1. The number of hydrogen-bond donors (Lipinski definition) is 4. The van der Waals surface area contributed by atoms with Gasteiger partial charge in [-0.1, -0.05) is 49.6 Å². The Kier molecular flexibility index (Phi) is 10.5. The van der Waals surface area contributed by atoms with Crippen LogP contribution in [0.2, 0.25) is 0 Å². The predicted octanol–water partition coefficient (Wildman–Crippen LogP) is 2.51. The molecule has 2 aliphatic rings. The minimum absolute atomic E-state index is 0.0369. The van der Waals surface area contributed by atoms with Crippen molar-refractivity contribution >= 4 is 23.6 Å². The van der Waals surface area contributed by atoms with Crippen molar-refractivity contribution < 1.29 is 23.6 Å². The third-order valence-corrected chi connectivity index (χ3v) is 8.15. The van der Waals surface area contributed by atoms with Crippen LogP contribution in [0.5, 0.6) is 0 Å². The molecule has 0 bridgehead atoms. The van der Waals surface area contributed by atoms with Crippen LogP contribution < -0.4 is 21.3 Å². The van der Waals surface area contributed by atoms with Gasteiger partial charge in [-0.15, -0.1) is 0 Å². The Labute approximate surface area is 240 Å². The summed E-state index contributed by atoms with van der Waals surface area (Å²) < 4.78 is 13.4. The van der Waals surface area contributed by atoms with E-state index in [1.807, 2.05) is 30.3 Å². The molecule has 0 spiro atoms. The van der Waals surface area contributed by atoms with E-state index in [0.717, 1.165) is 37.7 Å². The summed E-state index contributed by atoms with van der Waals surface area (Å²) in [4.78, 5) is 55.0. The van der Waals surface area contributed by atoms with Gasteiger partial charge in [-0.3, -0.25) is 19.2 Å². The zero-order valence-electron chi connectivity index (χ0n) is 23.7. The van der Waals surface area contributed by atoms with Crippen molar-refractivity contribution in [2.45, 2.75) is 76.2 Å². The topological polar surface area (TPSA) is 120 Å². The molecule has 4 atom stereocenters. The minimum atomic E-state index is -0.825. The molecule has 10 heteroatoms. The summed E-state index contributed by atoms with van der Waals surface area (Å²) >= 11 is 0. The molecule has 0 aromatic heterocycles. The molecule has 2 aromatic carbocycles. The summed E-state index contributed by atoms with van der Waals surface area (Å²) in [6.07, 6.45) is 4.89. The summed E-state index contributed by atoms with van der Waals surface area (Å²) in [5, 5.41) is 11.7. The van der Waals surface area contributed by atoms with Gasteiger partial charge >= 0.3 is 0 Å². The molecule has 4 rings (SSSR count). The second-order valence-corrected chi connectivity index (χ2v) is 11.0. The zero-order valence-corrected chi connectivity index (χ0v) is 23.7. The maximum absolute atomic E-state index is 14.2. The second kappa shape index (κ2) is 14.2. The first-order valence-electron chi connectivity index (χ1n) is 14.4. The highest BCUT2D eigenvalue weighted by molar-refractivity contribution is 5.96. The third kappa shape index (κ3) is 7.91. The van der Waals surface area contributed by atoms with Crippen LogP contribution in [0.4, 0.5) is 4.39 Å². The molecule has 1 saturated carbocycles. The molecule has 4 unspecified atom stereocenters. The maximum atomic E-state index is 14.2. The monoisotopic (exact) mass is 565 g/mol. The lowest BCUT2D eigenvalue weighted by Gasteiger charge is -2.35. The normalized spacial score (nSPS) is 20.6. The van der Waals surface area contributed by atoms with Crippen LogP contribution in [0.1, 0.15) is 61.4 Å². The number of amides is 4. The van der Waals surface area contributed by atoms with E-state index >= 15 is 0 Å². The lowest BCUT2D eigenvalue weighted by Crippen LogP contribution is -2.58. The number of likely N-dealkylation sites (tertiary alicyclic amines) is 1. The Bertz CT molecular complexity index is 1200. The number of halogens is 1. The smallest absolute Gasteiger partial charge is 0.251 e. The SMILES string of the molecule is CNC(C)C(=O)NC(C(=O)N1CC(NC(=O)c2ccc(F)cc2)CC1C(=O)NCc1ccccc1)C1CCCCC1. The van der Waals surface area contributed by atoms with E-state index < -0.39 is 35.9 Å². The van der Waals surface area contributed by atoms with Crippen LogP contribution >= 0.6 is 0 Å². The van der Waals surface area contributed by atoms with E-state index in [2.05, 4.69) is 21.3 Å². The number of nitrogens with one attached hydrogen (secondary N) is 4. The van der Waals surface area contributed by atoms with Gasteiger partial charge in [0.1, 0.15) is 17.9 Å². The molecule has 1 heterocycles. The van der Waals surface area contributed by atoms with Gasteiger partial charge in [0.05, 0.1) is 6.04 Å². The van der Waals surface area contributed by atoms with Crippen molar-refractivity contribution in [3.63, 3.8) is 0 Å². The highest BCUT2D eigenvalue weighted by Gasteiger charge is 2.44. The van der Waals surface area contributed by atoms with Gasteiger partial charge in [-0.2, -0.15) is 0 Å². The predicted molar refractivity (Wildman–Crippen MR) is 153 cm³/mol. The van der Waals surface area contributed by atoms with Crippen LogP contribution in [-0.2, 0) is 20.9 Å². The van der Waals surface area contributed by atoms with Crippen molar-refractivity contribution in [1.82, 2.24) is 26.2 Å². The van der Waals surface area contributed by atoms with Crippen molar-refractivity contribution in [2.24, 2.45) is 5.92 Å². The number of benzene rings is 2. The zero-order chi connectivity index (χ0) is 29.4. The van der Waals surface area contributed by atoms with Crippen LogP contribution in [0.3, 0.4) is 0 Å². The molecule has 2 aromatic rings. The van der Waals surface area contributed by atoms with E-state index in [4.69, 9.17) is 0 Å².